The van der Waals surface area contributed by atoms with Crippen LogP contribution >= 0.6 is 27.5 Å². The van der Waals surface area contributed by atoms with Crippen molar-refractivity contribution >= 4 is 76.6 Å². The second-order valence-electron chi connectivity index (χ2n) is 3.38. The molecule has 0 bridgehead atoms. The first kappa shape index (κ1) is 14.9. The summed E-state index contributed by atoms with van der Waals surface area (Å²) in [5.41, 5.74) is 0. The Morgan fingerprint density at radius 3 is 1.72 bits per heavy atom. The van der Waals surface area contributed by atoms with Crippen LogP contribution in [0.25, 0.3) is 0 Å². The molecule has 0 fully saturated rings. The molecule has 0 nitrogen and oxygen atoms in total. The molecular formula is C14H10BrClTe2. The van der Waals surface area contributed by atoms with E-state index in [9.17, 15) is 0 Å². The minimum atomic E-state index is -0.435. The average Bonchev–Trinajstić information content (AvgIpc) is 2.41. The topological polar surface area (TPSA) is 0 Å². The van der Waals surface area contributed by atoms with Crippen LogP contribution in [-0.4, -0.2) is 41.8 Å². The number of benzene rings is 2. The molecule has 0 aliphatic heterocycles. The van der Waals surface area contributed by atoms with E-state index in [4.69, 9.17) is 11.6 Å². The molecule has 0 radical (unpaired) electrons. The van der Waals surface area contributed by atoms with Crippen LogP contribution in [0.5, 0.6) is 0 Å². The maximum absolute atomic E-state index is 6.44. The van der Waals surface area contributed by atoms with Crippen molar-refractivity contribution in [2.75, 3.05) is 0 Å². The van der Waals surface area contributed by atoms with Crippen LogP contribution in [0.1, 0.15) is 0 Å². The molecule has 2 rings (SSSR count). The van der Waals surface area contributed by atoms with Gasteiger partial charge in [0, 0.05) is 0 Å². The van der Waals surface area contributed by atoms with E-state index >= 15 is 0 Å². The van der Waals surface area contributed by atoms with Gasteiger partial charge in [0.25, 0.3) is 0 Å². The van der Waals surface area contributed by atoms with E-state index in [-0.39, 0.29) is 20.9 Å². The van der Waals surface area contributed by atoms with Gasteiger partial charge in [0.2, 0.25) is 0 Å². The molecular weight excluding hydrogens is 539 g/mol. The third-order valence-electron chi connectivity index (χ3n) is 2.06. The van der Waals surface area contributed by atoms with Gasteiger partial charge in [0.1, 0.15) is 0 Å². The van der Waals surface area contributed by atoms with Crippen molar-refractivity contribution in [3.8, 4) is 0 Å². The van der Waals surface area contributed by atoms with Crippen molar-refractivity contribution in [1.82, 2.24) is 0 Å². The van der Waals surface area contributed by atoms with E-state index in [1.165, 1.54) is 9.75 Å². The van der Waals surface area contributed by atoms with E-state index in [0.717, 1.165) is 3.08 Å². The Balaban J connectivity index is 2.06. The van der Waals surface area contributed by atoms with Gasteiger partial charge in [-0.05, 0) is 0 Å². The van der Waals surface area contributed by atoms with Gasteiger partial charge in [0.05, 0.1) is 0 Å². The minimum absolute atomic E-state index is 0.369. The molecule has 0 aliphatic carbocycles. The van der Waals surface area contributed by atoms with E-state index in [1.807, 2.05) is 12.1 Å². The van der Waals surface area contributed by atoms with Crippen LogP contribution in [0.2, 0.25) is 0 Å². The Kier molecular flexibility index (Phi) is 6.60. The summed E-state index contributed by atoms with van der Waals surface area (Å²) in [4.78, 5) is 0. The van der Waals surface area contributed by atoms with E-state index in [2.05, 4.69) is 64.5 Å². The fourth-order valence-electron chi connectivity index (χ4n) is 1.26. The van der Waals surface area contributed by atoms with Crippen LogP contribution in [0.4, 0.5) is 0 Å². The molecule has 0 spiro atoms. The molecule has 0 aromatic heterocycles. The summed E-state index contributed by atoms with van der Waals surface area (Å²) in [6, 6.07) is 21.1. The molecule has 0 aliphatic rings. The number of halogens is 2. The molecule has 0 N–H and O–H groups in total. The predicted molar refractivity (Wildman–Crippen MR) is 85.5 cm³/mol. The first-order valence-corrected chi connectivity index (χ1v) is 11.1. The van der Waals surface area contributed by atoms with Crippen molar-refractivity contribution in [3.63, 3.8) is 0 Å². The first-order chi connectivity index (χ1) is 8.75. The SMILES string of the molecule is Cl/C([Te]c1ccccc1)=C(\Br)[Te]c1ccccc1. The Morgan fingerprint density at radius 2 is 1.22 bits per heavy atom. The second kappa shape index (κ2) is 7.96. The van der Waals surface area contributed by atoms with Gasteiger partial charge < -0.3 is 0 Å². The van der Waals surface area contributed by atoms with E-state index in [0.29, 0.717) is 0 Å². The fraction of sp³-hybridized carbons (Fsp3) is 0. The summed E-state index contributed by atoms with van der Waals surface area (Å²) in [7, 11) is 0. The Morgan fingerprint density at radius 1 is 0.778 bits per heavy atom. The van der Waals surface area contributed by atoms with Crippen molar-refractivity contribution in [3.05, 3.63) is 66.3 Å². The first-order valence-electron chi connectivity index (χ1n) is 5.27. The molecule has 0 heterocycles. The van der Waals surface area contributed by atoms with Gasteiger partial charge in [0.15, 0.2) is 0 Å². The molecule has 2 aromatic rings. The second-order valence-corrected chi connectivity index (χ2v) is 13.1. The van der Waals surface area contributed by atoms with Gasteiger partial charge in [-0.1, -0.05) is 0 Å². The van der Waals surface area contributed by atoms with Crippen LogP contribution in [-0.2, 0) is 0 Å². The van der Waals surface area contributed by atoms with Gasteiger partial charge in [-0.25, -0.2) is 0 Å². The van der Waals surface area contributed by atoms with Crippen LogP contribution in [0, 0.1) is 0 Å². The Labute approximate surface area is 141 Å². The molecule has 0 saturated carbocycles. The van der Waals surface area contributed by atoms with E-state index < -0.39 is 20.9 Å². The molecule has 0 saturated heterocycles. The third kappa shape index (κ3) is 4.90. The molecule has 2 aromatic carbocycles. The van der Waals surface area contributed by atoms with Gasteiger partial charge in [-0.15, -0.1) is 0 Å². The molecule has 92 valence electrons. The zero-order chi connectivity index (χ0) is 12.8. The van der Waals surface area contributed by atoms with Crippen molar-refractivity contribution in [1.29, 1.82) is 0 Å². The molecule has 4 heteroatoms. The summed E-state index contributed by atoms with van der Waals surface area (Å²) < 4.78 is 5.09. The van der Waals surface area contributed by atoms with Gasteiger partial charge in [-0.2, -0.15) is 0 Å². The molecule has 0 amide bonds. The predicted octanol–water partition coefficient (Wildman–Crippen LogP) is 2.81. The summed E-state index contributed by atoms with van der Waals surface area (Å²) in [6.45, 7) is 0. The zero-order valence-electron chi connectivity index (χ0n) is 9.35. The van der Waals surface area contributed by atoms with Crippen molar-refractivity contribution in [2.45, 2.75) is 0 Å². The maximum atomic E-state index is 6.44. The quantitative estimate of drug-likeness (QED) is 0.516. The zero-order valence-corrected chi connectivity index (χ0v) is 16.3. The van der Waals surface area contributed by atoms with Crippen molar-refractivity contribution < 1.29 is 0 Å². The molecule has 0 atom stereocenters. The van der Waals surface area contributed by atoms with E-state index in [1.54, 1.807) is 0 Å². The van der Waals surface area contributed by atoms with Gasteiger partial charge in [-0.3, -0.25) is 0 Å². The summed E-state index contributed by atoms with van der Waals surface area (Å²) in [5, 5.41) is 0. The Bertz CT molecular complexity index is 477. The Hall–Kier alpha value is 0.529. The molecule has 18 heavy (non-hydrogen) atoms. The van der Waals surface area contributed by atoms with Gasteiger partial charge >= 0.3 is 143 Å². The summed E-state index contributed by atoms with van der Waals surface area (Å²) >= 11 is 9.31. The van der Waals surface area contributed by atoms with Crippen LogP contribution in [0.15, 0.2) is 66.3 Å². The normalized spacial score (nSPS) is 12.1. The third-order valence-corrected chi connectivity index (χ3v) is 12.0. The number of hydrogen-bond donors (Lipinski definition) is 0. The number of hydrogen-bond acceptors (Lipinski definition) is 0. The molecule has 0 unspecified atom stereocenters. The fourth-order valence-corrected chi connectivity index (χ4v) is 8.83. The summed E-state index contributed by atoms with van der Waals surface area (Å²) in [5.74, 6) is 0. The van der Waals surface area contributed by atoms with Crippen LogP contribution in [0.3, 0.4) is 0 Å². The standard InChI is InChI=1S/C14H10BrClTe2/c15-13(17-11-7-3-1-4-8-11)14(16)18-12-9-5-2-6-10-12/h1-10H/b14-13-. The van der Waals surface area contributed by atoms with Crippen molar-refractivity contribution in [2.24, 2.45) is 0 Å². The monoisotopic (exact) mass is 552 g/mol. The van der Waals surface area contributed by atoms with Crippen LogP contribution < -0.4 is 7.22 Å². The average molecular weight is 549 g/mol. The number of rotatable bonds is 4. The summed E-state index contributed by atoms with van der Waals surface area (Å²) in [6.07, 6.45) is 0.